The van der Waals surface area contributed by atoms with Crippen LogP contribution in [0.3, 0.4) is 0 Å². The fourth-order valence-corrected chi connectivity index (χ4v) is 11.4. The topological polar surface area (TPSA) is 3.24 Å². The van der Waals surface area contributed by atoms with Crippen molar-refractivity contribution in [2.45, 2.75) is 89.4 Å². The predicted molar refractivity (Wildman–Crippen MR) is 265 cm³/mol. The third kappa shape index (κ3) is 5.54. The van der Waals surface area contributed by atoms with Crippen LogP contribution in [0.4, 0.5) is 17.1 Å². The maximum absolute atomic E-state index is 2.57. The first-order valence-electron chi connectivity index (χ1n) is 22.8. The van der Waals surface area contributed by atoms with Crippen LogP contribution in [-0.4, -0.2) is 0 Å². The minimum atomic E-state index is -0.528. The van der Waals surface area contributed by atoms with Crippen LogP contribution < -0.4 is 4.90 Å². The summed E-state index contributed by atoms with van der Waals surface area (Å²) in [7, 11) is 0. The van der Waals surface area contributed by atoms with Crippen molar-refractivity contribution in [3.63, 3.8) is 0 Å². The summed E-state index contributed by atoms with van der Waals surface area (Å²) in [6.45, 7) is 21.2. The van der Waals surface area contributed by atoms with E-state index in [0.29, 0.717) is 0 Å². The number of nitrogens with zero attached hydrogens (tertiary/aromatic N) is 1. The van der Waals surface area contributed by atoms with Crippen LogP contribution in [0.15, 0.2) is 182 Å². The van der Waals surface area contributed by atoms with Crippen molar-refractivity contribution >= 4 is 17.1 Å². The number of anilines is 3. The lowest BCUT2D eigenvalue weighted by Gasteiger charge is -2.46. The first-order chi connectivity index (χ1) is 30.1. The first-order valence-corrected chi connectivity index (χ1v) is 22.8. The van der Waals surface area contributed by atoms with E-state index in [1.165, 1.54) is 101 Å². The number of hydrogen-bond donors (Lipinski definition) is 0. The normalized spacial score (nSPS) is 15.3. The lowest BCUT2D eigenvalue weighted by molar-refractivity contribution is 0.584. The Kier molecular flexibility index (Phi) is 8.46. The first kappa shape index (κ1) is 39.4. The second kappa shape index (κ2) is 13.5. The molecule has 310 valence electrons. The highest BCUT2D eigenvalue weighted by Crippen LogP contribution is 2.65. The summed E-state index contributed by atoms with van der Waals surface area (Å²) in [5.74, 6) is 0. The fraction of sp³-hybridized carbons (Fsp3) is 0.226. The maximum atomic E-state index is 2.57. The molecule has 8 aromatic rings. The van der Waals surface area contributed by atoms with Gasteiger partial charge in [0, 0.05) is 5.69 Å². The van der Waals surface area contributed by atoms with E-state index in [4.69, 9.17) is 0 Å². The third-order valence-electron chi connectivity index (χ3n) is 14.6. The molecule has 0 saturated carbocycles. The minimum absolute atomic E-state index is 0.0217. The van der Waals surface area contributed by atoms with Crippen molar-refractivity contribution in [1.29, 1.82) is 0 Å². The van der Waals surface area contributed by atoms with E-state index in [1.807, 2.05) is 0 Å². The monoisotopic (exact) mass is 815 g/mol. The molecule has 1 aliphatic heterocycles. The van der Waals surface area contributed by atoms with Gasteiger partial charge in [0.1, 0.15) is 0 Å². The molecule has 11 rings (SSSR count). The van der Waals surface area contributed by atoms with Gasteiger partial charge in [-0.15, -0.1) is 0 Å². The van der Waals surface area contributed by atoms with Crippen molar-refractivity contribution in [3.05, 3.63) is 243 Å². The summed E-state index contributed by atoms with van der Waals surface area (Å²) >= 11 is 0. The molecule has 2 aliphatic carbocycles. The van der Waals surface area contributed by atoms with Gasteiger partial charge in [-0.25, -0.2) is 0 Å². The van der Waals surface area contributed by atoms with Gasteiger partial charge in [0.05, 0.1) is 22.2 Å². The van der Waals surface area contributed by atoms with E-state index < -0.39 is 10.8 Å². The zero-order chi connectivity index (χ0) is 43.7. The molecule has 0 N–H and O–H groups in total. The summed E-state index contributed by atoms with van der Waals surface area (Å²) in [5.41, 5.74) is 22.5. The highest BCUT2D eigenvalue weighted by atomic mass is 15.2. The molecule has 0 atom stereocenters. The Morgan fingerprint density at radius 1 is 0.302 bits per heavy atom. The molecule has 0 unspecified atom stereocenters. The zero-order valence-electron chi connectivity index (χ0n) is 38.3. The quantitative estimate of drug-likeness (QED) is 0.172. The largest absolute Gasteiger partial charge is 0.310 e. The van der Waals surface area contributed by atoms with Gasteiger partial charge in [-0.3, -0.25) is 0 Å². The maximum Gasteiger partial charge on any atom is 0.0742 e. The second-order valence-electron chi connectivity index (χ2n) is 21.4. The van der Waals surface area contributed by atoms with Crippen LogP contribution in [0.25, 0.3) is 22.3 Å². The van der Waals surface area contributed by atoms with Gasteiger partial charge in [-0.05, 0) is 124 Å². The van der Waals surface area contributed by atoms with E-state index >= 15 is 0 Å². The second-order valence-corrected chi connectivity index (χ2v) is 21.4. The Hall–Kier alpha value is -6.44. The molecule has 63 heavy (non-hydrogen) atoms. The highest BCUT2D eigenvalue weighted by molar-refractivity contribution is 5.98. The van der Waals surface area contributed by atoms with E-state index in [9.17, 15) is 0 Å². The summed E-state index contributed by atoms with van der Waals surface area (Å²) < 4.78 is 0. The van der Waals surface area contributed by atoms with Crippen molar-refractivity contribution < 1.29 is 0 Å². The Morgan fingerprint density at radius 3 is 1.02 bits per heavy atom. The van der Waals surface area contributed by atoms with Crippen LogP contribution in [0.1, 0.15) is 124 Å². The van der Waals surface area contributed by atoms with Crippen LogP contribution in [0.5, 0.6) is 0 Å². The van der Waals surface area contributed by atoms with Crippen LogP contribution >= 0.6 is 0 Å². The molecule has 1 heterocycles. The van der Waals surface area contributed by atoms with Gasteiger partial charge >= 0.3 is 0 Å². The van der Waals surface area contributed by atoms with Crippen LogP contribution in [-0.2, 0) is 27.1 Å². The lowest BCUT2D eigenvalue weighted by atomic mass is 9.62. The molecule has 0 radical (unpaired) electrons. The van der Waals surface area contributed by atoms with E-state index in [1.54, 1.807) is 0 Å². The molecule has 3 aliphatic rings. The molecule has 0 fully saturated rings. The number of para-hydroxylation sites is 2. The van der Waals surface area contributed by atoms with E-state index in [-0.39, 0.29) is 16.2 Å². The number of hydrogen-bond acceptors (Lipinski definition) is 1. The standard InChI is InChI=1S/C62H57N/c1-58(2,3)42-28-32-46-47-33-29-43(59(4,5)6)37-53(47)62(52(46)36-42)54-38-44(60(7,8)9)30-34-48(54)49-35-31-45(39-55(49)62)63-56-26-18-16-24-50(56)61(40-20-12-10-13-21-40,41-22-14-11-15-23-41)51-25-17-19-27-57(51)63/h10-39H,1-9H3. The van der Waals surface area contributed by atoms with Gasteiger partial charge in [0.15, 0.2) is 0 Å². The molecule has 0 bridgehead atoms. The average Bonchev–Trinajstić information content (AvgIpc) is 3.74. The van der Waals surface area contributed by atoms with Crippen molar-refractivity contribution in [2.24, 2.45) is 0 Å². The average molecular weight is 816 g/mol. The van der Waals surface area contributed by atoms with Gasteiger partial charge in [0.2, 0.25) is 0 Å². The zero-order valence-corrected chi connectivity index (χ0v) is 38.3. The van der Waals surface area contributed by atoms with Crippen LogP contribution in [0.2, 0.25) is 0 Å². The summed E-state index contributed by atoms with van der Waals surface area (Å²) in [6.07, 6.45) is 0. The van der Waals surface area contributed by atoms with Gasteiger partial charge in [-0.1, -0.05) is 220 Å². The Bertz CT molecular complexity index is 2920. The number of benzene rings is 8. The number of fused-ring (bicyclic) bond motifs is 12. The Balaban J connectivity index is 1.24. The van der Waals surface area contributed by atoms with Crippen molar-refractivity contribution in [3.8, 4) is 22.3 Å². The third-order valence-corrected chi connectivity index (χ3v) is 14.6. The molecule has 1 nitrogen and oxygen atoms in total. The van der Waals surface area contributed by atoms with Crippen molar-refractivity contribution in [2.75, 3.05) is 4.90 Å². The summed E-state index contributed by atoms with van der Waals surface area (Å²) in [6, 6.07) is 70.1. The van der Waals surface area contributed by atoms with Gasteiger partial charge < -0.3 is 4.90 Å². The molecule has 1 heteroatoms. The summed E-state index contributed by atoms with van der Waals surface area (Å²) in [4.78, 5) is 2.56. The Morgan fingerprint density at radius 2 is 0.635 bits per heavy atom. The highest BCUT2D eigenvalue weighted by Gasteiger charge is 2.53. The molecule has 8 aromatic carbocycles. The van der Waals surface area contributed by atoms with Gasteiger partial charge in [0.25, 0.3) is 0 Å². The Labute approximate surface area is 375 Å². The number of rotatable bonds is 3. The van der Waals surface area contributed by atoms with Crippen molar-refractivity contribution in [1.82, 2.24) is 0 Å². The van der Waals surface area contributed by atoms with E-state index in [0.717, 1.165) is 0 Å². The SMILES string of the molecule is CC(C)(C)c1ccc2c(c1)C1(c3cc(N4c5ccccc5C(c5ccccc5)(c5ccccc5)c5ccccc54)ccc3-2)c2cc(C(C)(C)C)ccc2-c2ccc(C(C)(C)C)cc21. The predicted octanol–water partition coefficient (Wildman–Crippen LogP) is 16.1. The molecular weight excluding hydrogens is 759 g/mol. The molecule has 0 aromatic heterocycles. The molecule has 0 amide bonds. The van der Waals surface area contributed by atoms with E-state index in [2.05, 4.69) is 249 Å². The van der Waals surface area contributed by atoms with Crippen LogP contribution in [0, 0.1) is 0 Å². The van der Waals surface area contributed by atoms with Gasteiger partial charge in [-0.2, -0.15) is 0 Å². The lowest BCUT2D eigenvalue weighted by Crippen LogP contribution is -2.37. The fourth-order valence-electron chi connectivity index (χ4n) is 11.4. The molecule has 0 saturated heterocycles. The minimum Gasteiger partial charge on any atom is -0.310 e. The molecular formula is C62H57N. The summed E-state index contributed by atoms with van der Waals surface area (Å²) in [5, 5.41) is 0. The smallest absolute Gasteiger partial charge is 0.0742 e. The molecule has 1 spiro atoms.